The Labute approximate surface area is 154 Å². The monoisotopic (exact) mass is 373 g/mol. The van der Waals surface area contributed by atoms with E-state index in [-0.39, 0.29) is 22.4 Å². The summed E-state index contributed by atoms with van der Waals surface area (Å²) in [5.41, 5.74) is 1.62. The molecule has 1 aromatic carbocycles. The highest BCUT2D eigenvalue weighted by Gasteiger charge is 2.32. The minimum absolute atomic E-state index is 0.137. The summed E-state index contributed by atoms with van der Waals surface area (Å²) in [6, 6.07) is 6.87. The van der Waals surface area contributed by atoms with Crippen molar-refractivity contribution in [1.82, 2.24) is 9.78 Å². The number of nitrogens with one attached hydrogen (secondary N) is 1. The van der Waals surface area contributed by atoms with Crippen LogP contribution in [-0.4, -0.2) is 39.1 Å². The van der Waals surface area contributed by atoms with E-state index in [0.29, 0.717) is 24.6 Å². The lowest BCUT2D eigenvalue weighted by molar-refractivity contribution is 0.0666. The fourth-order valence-electron chi connectivity index (χ4n) is 3.45. The molecule has 0 spiro atoms. The summed E-state index contributed by atoms with van der Waals surface area (Å²) >= 11 is 1.52. The van der Waals surface area contributed by atoms with Crippen LogP contribution in [0.25, 0.3) is 0 Å². The zero-order valence-electron chi connectivity index (χ0n) is 14.3. The van der Waals surface area contributed by atoms with Gasteiger partial charge in [-0.05, 0) is 37.5 Å². The molecule has 136 valence electrons. The van der Waals surface area contributed by atoms with Gasteiger partial charge in [0.25, 0.3) is 5.56 Å². The van der Waals surface area contributed by atoms with Gasteiger partial charge in [0.15, 0.2) is 5.82 Å². The van der Waals surface area contributed by atoms with Crippen LogP contribution in [0, 0.1) is 0 Å². The van der Waals surface area contributed by atoms with Crippen LogP contribution in [-0.2, 0) is 4.74 Å². The lowest BCUT2D eigenvalue weighted by Gasteiger charge is -2.26. The van der Waals surface area contributed by atoms with Gasteiger partial charge in [-0.25, -0.2) is 9.79 Å². The third-order valence-electron chi connectivity index (χ3n) is 4.77. The first-order valence-electron chi connectivity index (χ1n) is 8.52. The predicted octanol–water partition coefficient (Wildman–Crippen LogP) is 3.11. The molecule has 7 nitrogen and oxygen atoms in total. The van der Waals surface area contributed by atoms with Crippen LogP contribution in [0.3, 0.4) is 0 Å². The van der Waals surface area contributed by atoms with Gasteiger partial charge in [-0.3, -0.25) is 14.6 Å². The number of hydrogen-bond acceptors (Lipinski definition) is 5. The smallest absolute Gasteiger partial charge is 0.335 e. The highest BCUT2D eigenvalue weighted by molar-refractivity contribution is 8.14. The number of aromatic nitrogens is 2. The number of aromatic amines is 1. The number of H-pyrrole nitrogens is 1. The summed E-state index contributed by atoms with van der Waals surface area (Å²) in [5.74, 6) is -0.278. The van der Waals surface area contributed by atoms with Crippen LogP contribution in [0.15, 0.2) is 34.1 Å². The second-order valence-corrected chi connectivity index (χ2v) is 7.75. The molecule has 2 N–H and O–H groups in total. The number of nitrogens with zero attached hydrogens (tertiary/aromatic N) is 2. The number of rotatable bonds is 3. The maximum atomic E-state index is 12.7. The first-order valence-corrected chi connectivity index (χ1v) is 9.40. The zero-order valence-corrected chi connectivity index (χ0v) is 15.1. The average Bonchev–Trinajstić information content (AvgIpc) is 2.98. The summed E-state index contributed by atoms with van der Waals surface area (Å²) in [4.78, 5) is 28.4. The highest BCUT2D eigenvalue weighted by Crippen LogP contribution is 2.44. The molecule has 0 saturated carbocycles. The van der Waals surface area contributed by atoms with Crippen LogP contribution < -0.4 is 5.56 Å². The molecule has 0 radical (unpaired) electrons. The fraction of sp³-hybridized carbons (Fsp3) is 0.389. The third-order valence-corrected chi connectivity index (χ3v) is 5.94. The van der Waals surface area contributed by atoms with Gasteiger partial charge < -0.3 is 9.84 Å². The molecule has 1 atom stereocenters. The number of hydrogen-bond donors (Lipinski definition) is 2. The molecule has 0 amide bonds. The van der Waals surface area contributed by atoms with Gasteiger partial charge in [0.2, 0.25) is 0 Å². The van der Waals surface area contributed by atoms with E-state index in [9.17, 15) is 9.59 Å². The van der Waals surface area contributed by atoms with E-state index >= 15 is 0 Å². The lowest BCUT2D eigenvalue weighted by atomic mass is 10.0. The van der Waals surface area contributed by atoms with E-state index in [1.54, 1.807) is 24.3 Å². The number of aliphatic imine (C=N–C) groups is 1. The number of thioether (sulfide) groups is 1. The maximum Gasteiger partial charge on any atom is 0.335 e. The summed E-state index contributed by atoms with van der Waals surface area (Å²) in [6.07, 6.45) is 1.69. The van der Waals surface area contributed by atoms with E-state index in [1.165, 1.54) is 11.8 Å². The molecule has 26 heavy (non-hydrogen) atoms. The van der Waals surface area contributed by atoms with Crippen LogP contribution in [0.1, 0.15) is 52.5 Å². The second kappa shape index (κ2) is 6.77. The topological polar surface area (TPSA) is 96.7 Å². The Morgan fingerprint density at radius 1 is 1.31 bits per heavy atom. The highest BCUT2D eigenvalue weighted by atomic mass is 32.2. The van der Waals surface area contributed by atoms with Crippen LogP contribution in [0.2, 0.25) is 0 Å². The van der Waals surface area contributed by atoms with E-state index in [4.69, 9.17) is 9.84 Å². The average molecular weight is 373 g/mol. The Balaban J connectivity index is 1.77. The molecule has 0 unspecified atom stereocenters. The minimum Gasteiger partial charge on any atom is -0.478 e. The van der Waals surface area contributed by atoms with Crippen molar-refractivity contribution in [3.63, 3.8) is 0 Å². The number of fused-ring (bicyclic) bond motifs is 1. The van der Waals surface area contributed by atoms with Gasteiger partial charge in [-0.2, -0.15) is 0 Å². The Morgan fingerprint density at radius 2 is 2.00 bits per heavy atom. The van der Waals surface area contributed by atoms with E-state index in [1.807, 2.05) is 11.6 Å². The van der Waals surface area contributed by atoms with Gasteiger partial charge in [-0.15, -0.1) is 0 Å². The van der Waals surface area contributed by atoms with Crippen molar-refractivity contribution in [3.05, 3.63) is 51.3 Å². The molecule has 1 fully saturated rings. The van der Waals surface area contributed by atoms with Gasteiger partial charge in [0.1, 0.15) is 0 Å². The molecule has 3 heterocycles. The first kappa shape index (κ1) is 17.1. The summed E-state index contributed by atoms with van der Waals surface area (Å²) in [5, 5.41) is 12.7. The fourth-order valence-corrected chi connectivity index (χ4v) is 4.56. The molecule has 4 rings (SSSR count). The summed E-state index contributed by atoms with van der Waals surface area (Å²) in [6.45, 7) is 3.28. The number of carboxylic acid groups (broad SMARTS) is 1. The van der Waals surface area contributed by atoms with Gasteiger partial charge in [0, 0.05) is 13.2 Å². The Kier molecular flexibility index (Phi) is 4.46. The number of carbonyl (C=O) groups is 1. The van der Waals surface area contributed by atoms with Crippen LogP contribution >= 0.6 is 11.8 Å². The molecule has 1 saturated heterocycles. The van der Waals surface area contributed by atoms with Gasteiger partial charge in [-0.1, -0.05) is 23.9 Å². The van der Waals surface area contributed by atoms with Crippen LogP contribution in [0.5, 0.6) is 0 Å². The molecule has 1 aromatic heterocycles. The molecular weight excluding hydrogens is 354 g/mol. The predicted molar refractivity (Wildman–Crippen MR) is 99.7 cm³/mol. The number of aromatic carboxylic acids is 1. The molecule has 2 aliphatic rings. The molecule has 2 aromatic rings. The van der Waals surface area contributed by atoms with Crippen LogP contribution in [0.4, 0.5) is 5.82 Å². The van der Waals surface area contributed by atoms with Crippen molar-refractivity contribution in [3.8, 4) is 0 Å². The van der Waals surface area contributed by atoms with Gasteiger partial charge >= 0.3 is 5.97 Å². The van der Waals surface area contributed by atoms with E-state index in [0.717, 1.165) is 23.4 Å². The third kappa shape index (κ3) is 2.99. The lowest BCUT2D eigenvalue weighted by Crippen LogP contribution is -2.21. The largest absolute Gasteiger partial charge is 0.478 e. The Morgan fingerprint density at radius 3 is 2.65 bits per heavy atom. The zero-order chi connectivity index (χ0) is 18.3. The Hall–Kier alpha value is -2.32. The van der Waals surface area contributed by atoms with Crippen molar-refractivity contribution >= 4 is 28.6 Å². The Bertz CT molecular complexity index is 923. The van der Waals surface area contributed by atoms with Crippen molar-refractivity contribution in [2.75, 3.05) is 13.2 Å². The van der Waals surface area contributed by atoms with Crippen molar-refractivity contribution < 1.29 is 14.6 Å². The first-order chi connectivity index (χ1) is 12.5. The number of ether oxygens (including phenoxy) is 1. The van der Waals surface area contributed by atoms with Crippen molar-refractivity contribution in [2.45, 2.75) is 31.1 Å². The number of benzene rings is 1. The normalized spacial score (nSPS) is 20.5. The van der Waals surface area contributed by atoms with E-state index < -0.39 is 5.97 Å². The minimum atomic E-state index is -0.963. The standard InChI is InChI=1S/C18H19N3O4S/c1-10-19-16-14(17(22)20-21(16)13-6-8-25-9-7-13)15(26-10)11-2-4-12(5-3-11)18(23)24/h2-5,13,15H,6-9H2,1H3,(H,20,22)(H,23,24)/t15-/m0/s1. The quantitative estimate of drug-likeness (QED) is 0.862. The molecule has 0 bridgehead atoms. The molecular formula is C18H19N3O4S. The molecule has 2 aliphatic heterocycles. The van der Waals surface area contributed by atoms with E-state index in [2.05, 4.69) is 10.1 Å². The summed E-state index contributed by atoms with van der Waals surface area (Å²) < 4.78 is 7.31. The van der Waals surface area contributed by atoms with Crippen molar-refractivity contribution in [1.29, 1.82) is 0 Å². The number of carboxylic acids is 1. The maximum absolute atomic E-state index is 12.7. The summed E-state index contributed by atoms with van der Waals surface area (Å²) in [7, 11) is 0. The molecule has 0 aliphatic carbocycles. The van der Waals surface area contributed by atoms with Crippen molar-refractivity contribution in [2.24, 2.45) is 4.99 Å². The second-order valence-electron chi connectivity index (χ2n) is 6.45. The molecule has 8 heteroatoms. The van der Waals surface area contributed by atoms with Gasteiger partial charge in [0.05, 0.1) is 27.5 Å². The SMILES string of the molecule is CC1=Nc2c(c(=O)[nH]n2C2CCOCC2)[C@H](c2ccc(C(=O)O)cc2)S1.